The van der Waals surface area contributed by atoms with E-state index in [9.17, 15) is 0 Å². The van der Waals surface area contributed by atoms with Crippen molar-refractivity contribution < 1.29 is 0 Å². The van der Waals surface area contributed by atoms with E-state index in [-0.39, 0.29) is 0 Å². The molecule has 13 heavy (non-hydrogen) atoms. The van der Waals surface area contributed by atoms with Gasteiger partial charge in [0.25, 0.3) is 0 Å². The number of benzene rings is 1. The Bertz CT molecular complexity index is 420. The summed E-state index contributed by atoms with van der Waals surface area (Å²) in [5.41, 5.74) is 2.34. The molecule has 2 rings (SSSR count). The zero-order valence-corrected chi connectivity index (χ0v) is 8.46. The smallest absolute Gasteiger partial charge is 0.0926 e. The van der Waals surface area contributed by atoms with Crippen LogP contribution in [0.2, 0.25) is 0 Å². The van der Waals surface area contributed by atoms with Crippen molar-refractivity contribution in [2.45, 2.75) is 6.42 Å². The SMILES string of the molecule is Cn1nc2ccccc2c1CCS. The Morgan fingerprint density at radius 3 is 2.92 bits per heavy atom. The van der Waals surface area contributed by atoms with E-state index in [1.807, 2.05) is 29.9 Å². The summed E-state index contributed by atoms with van der Waals surface area (Å²) in [5.74, 6) is 0.865. The fourth-order valence-electron chi connectivity index (χ4n) is 1.60. The minimum Gasteiger partial charge on any atom is -0.271 e. The molecule has 0 saturated carbocycles. The summed E-state index contributed by atoms with van der Waals surface area (Å²) in [7, 11) is 1.98. The van der Waals surface area contributed by atoms with Crippen LogP contribution in [0, 0.1) is 0 Å². The van der Waals surface area contributed by atoms with Gasteiger partial charge >= 0.3 is 0 Å². The third-order valence-corrected chi connectivity index (χ3v) is 2.44. The van der Waals surface area contributed by atoms with Crippen molar-refractivity contribution in [2.75, 3.05) is 5.75 Å². The topological polar surface area (TPSA) is 17.8 Å². The molecule has 0 unspecified atom stereocenters. The summed E-state index contributed by atoms with van der Waals surface area (Å²) >= 11 is 4.24. The highest BCUT2D eigenvalue weighted by Gasteiger charge is 2.05. The summed E-state index contributed by atoms with van der Waals surface area (Å²) in [6.07, 6.45) is 0.972. The van der Waals surface area contributed by atoms with Crippen molar-refractivity contribution in [3.8, 4) is 0 Å². The van der Waals surface area contributed by atoms with Gasteiger partial charge in [-0.1, -0.05) is 18.2 Å². The Kier molecular flexibility index (Phi) is 2.27. The maximum Gasteiger partial charge on any atom is 0.0926 e. The first kappa shape index (κ1) is 8.63. The molecule has 0 radical (unpaired) electrons. The lowest BCUT2D eigenvalue weighted by atomic mass is 10.2. The molecule has 2 nitrogen and oxygen atoms in total. The number of hydrogen-bond acceptors (Lipinski definition) is 2. The average molecular weight is 192 g/mol. The van der Waals surface area contributed by atoms with Crippen LogP contribution in [0.25, 0.3) is 10.9 Å². The minimum absolute atomic E-state index is 0.865. The quantitative estimate of drug-likeness (QED) is 0.721. The first-order chi connectivity index (χ1) is 6.33. The van der Waals surface area contributed by atoms with E-state index >= 15 is 0 Å². The highest BCUT2D eigenvalue weighted by Crippen LogP contribution is 2.17. The van der Waals surface area contributed by atoms with Gasteiger partial charge in [0, 0.05) is 18.1 Å². The van der Waals surface area contributed by atoms with E-state index < -0.39 is 0 Å². The Balaban J connectivity index is 2.64. The van der Waals surface area contributed by atoms with Gasteiger partial charge in [0.1, 0.15) is 0 Å². The molecule has 3 heteroatoms. The van der Waals surface area contributed by atoms with Crippen LogP contribution in [0.15, 0.2) is 24.3 Å². The highest BCUT2D eigenvalue weighted by molar-refractivity contribution is 7.80. The van der Waals surface area contributed by atoms with Gasteiger partial charge in [-0.05, 0) is 18.2 Å². The van der Waals surface area contributed by atoms with Crippen molar-refractivity contribution in [1.82, 2.24) is 9.78 Å². The lowest BCUT2D eigenvalue weighted by molar-refractivity contribution is 0.730. The van der Waals surface area contributed by atoms with Crippen LogP contribution in [-0.2, 0) is 13.5 Å². The number of thiol groups is 1. The maximum absolute atomic E-state index is 4.41. The van der Waals surface area contributed by atoms with Crippen molar-refractivity contribution in [1.29, 1.82) is 0 Å². The van der Waals surface area contributed by atoms with Crippen molar-refractivity contribution >= 4 is 23.5 Å². The van der Waals surface area contributed by atoms with Crippen LogP contribution in [-0.4, -0.2) is 15.5 Å². The summed E-state index contributed by atoms with van der Waals surface area (Å²) in [5, 5.41) is 5.66. The van der Waals surface area contributed by atoms with Gasteiger partial charge in [-0.15, -0.1) is 0 Å². The van der Waals surface area contributed by atoms with Gasteiger partial charge in [-0.25, -0.2) is 0 Å². The predicted octanol–water partition coefficient (Wildman–Crippen LogP) is 2.05. The van der Waals surface area contributed by atoms with Gasteiger partial charge in [0.2, 0.25) is 0 Å². The van der Waals surface area contributed by atoms with Crippen LogP contribution in [0.4, 0.5) is 0 Å². The molecule has 1 aromatic carbocycles. The molecule has 0 amide bonds. The Morgan fingerprint density at radius 2 is 2.15 bits per heavy atom. The van der Waals surface area contributed by atoms with Gasteiger partial charge in [-0.2, -0.15) is 17.7 Å². The Hall–Kier alpha value is -0.960. The van der Waals surface area contributed by atoms with Crippen LogP contribution >= 0.6 is 12.6 Å². The van der Waals surface area contributed by atoms with Gasteiger partial charge in [0.05, 0.1) is 5.52 Å². The van der Waals surface area contributed by atoms with E-state index in [0.717, 1.165) is 17.7 Å². The molecule has 1 heterocycles. The van der Waals surface area contributed by atoms with Crippen molar-refractivity contribution in [3.05, 3.63) is 30.0 Å². The predicted molar refractivity (Wildman–Crippen MR) is 58.3 cm³/mol. The molecule has 0 fully saturated rings. The summed E-state index contributed by atoms with van der Waals surface area (Å²) in [6, 6.07) is 8.21. The zero-order valence-electron chi connectivity index (χ0n) is 7.57. The standard InChI is InChI=1S/C10H12N2S/c1-12-10(6-7-13)8-4-2-3-5-9(8)11-12/h2-5,13H,6-7H2,1H3. The van der Waals surface area contributed by atoms with E-state index in [1.165, 1.54) is 11.1 Å². The average Bonchev–Trinajstić information content (AvgIpc) is 2.44. The zero-order chi connectivity index (χ0) is 9.26. The number of nitrogens with zero attached hydrogens (tertiary/aromatic N) is 2. The molecule has 68 valence electrons. The van der Waals surface area contributed by atoms with Crippen LogP contribution in [0.3, 0.4) is 0 Å². The molecule has 2 aromatic rings. The molecular formula is C10H12N2S. The van der Waals surface area contributed by atoms with E-state index in [4.69, 9.17) is 0 Å². The first-order valence-electron chi connectivity index (χ1n) is 4.34. The molecule has 0 N–H and O–H groups in total. The first-order valence-corrected chi connectivity index (χ1v) is 4.97. The summed E-state index contributed by atoms with van der Waals surface area (Å²) in [4.78, 5) is 0. The van der Waals surface area contributed by atoms with Crippen molar-refractivity contribution in [3.63, 3.8) is 0 Å². The lowest BCUT2D eigenvalue weighted by Gasteiger charge is -1.98. The second kappa shape index (κ2) is 3.42. The van der Waals surface area contributed by atoms with Crippen LogP contribution < -0.4 is 0 Å². The second-order valence-corrected chi connectivity index (χ2v) is 3.51. The maximum atomic E-state index is 4.41. The molecule has 0 atom stereocenters. The minimum atomic E-state index is 0.865. The number of hydrogen-bond donors (Lipinski definition) is 1. The Morgan fingerprint density at radius 1 is 1.38 bits per heavy atom. The third kappa shape index (κ3) is 1.44. The monoisotopic (exact) mass is 192 g/mol. The van der Waals surface area contributed by atoms with E-state index in [1.54, 1.807) is 0 Å². The number of fused-ring (bicyclic) bond motifs is 1. The van der Waals surface area contributed by atoms with E-state index in [0.29, 0.717) is 0 Å². The summed E-state index contributed by atoms with van der Waals surface area (Å²) < 4.78 is 1.95. The van der Waals surface area contributed by atoms with Crippen molar-refractivity contribution in [2.24, 2.45) is 7.05 Å². The number of aryl methyl sites for hydroxylation is 2. The molecule has 0 aliphatic heterocycles. The molecular weight excluding hydrogens is 180 g/mol. The second-order valence-electron chi connectivity index (χ2n) is 3.06. The fraction of sp³-hybridized carbons (Fsp3) is 0.300. The molecule has 0 aliphatic rings. The molecule has 0 aliphatic carbocycles. The molecule has 0 spiro atoms. The lowest BCUT2D eigenvalue weighted by Crippen LogP contribution is -1.98. The Labute approximate surface area is 83.0 Å². The van der Waals surface area contributed by atoms with Gasteiger partial charge in [-0.3, -0.25) is 4.68 Å². The number of rotatable bonds is 2. The van der Waals surface area contributed by atoms with Gasteiger partial charge in [0.15, 0.2) is 0 Å². The largest absolute Gasteiger partial charge is 0.271 e. The molecule has 0 bridgehead atoms. The highest BCUT2D eigenvalue weighted by atomic mass is 32.1. The fourth-order valence-corrected chi connectivity index (χ4v) is 1.82. The normalized spacial score (nSPS) is 10.9. The van der Waals surface area contributed by atoms with Crippen LogP contribution in [0.1, 0.15) is 5.69 Å². The van der Waals surface area contributed by atoms with E-state index in [2.05, 4.69) is 23.8 Å². The molecule has 1 aromatic heterocycles. The molecule has 0 saturated heterocycles. The van der Waals surface area contributed by atoms with Gasteiger partial charge < -0.3 is 0 Å². The number of aromatic nitrogens is 2. The van der Waals surface area contributed by atoms with Crippen LogP contribution in [0.5, 0.6) is 0 Å². The third-order valence-electron chi connectivity index (χ3n) is 2.21. The summed E-state index contributed by atoms with van der Waals surface area (Å²) in [6.45, 7) is 0.